The molecule has 0 heterocycles. The Kier molecular flexibility index (Phi) is 8.96. The highest BCUT2D eigenvalue weighted by Gasteiger charge is 2.30. The SMILES string of the molecule is CC(CC(C)(C)C(C)C)C(=O)NC(S)CBC(C)(C)CC(C)(C)C. The molecule has 0 saturated carbocycles. The van der Waals surface area contributed by atoms with Crippen molar-refractivity contribution in [2.75, 3.05) is 0 Å². The molecule has 0 aliphatic carbocycles. The molecule has 2 nitrogen and oxygen atoms in total. The van der Waals surface area contributed by atoms with Crippen LogP contribution < -0.4 is 5.32 Å². The average molecular weight is 355 g/mol. The zero-order valence-electron chi connectivity index (χ0n) is 17.9. The van der Waals surface area contributed by atoms with Gasteiger partial charge < -0.3 is 5.32 Å². The molecule has 142 valence electrons. The molecule has 0 spiro atoms. The lowest BCUT2D eigenvalue weighted by molar-refractivity contribution is -0.125. The normalized spacial score (nSPS) is 16.0. The lowest BCUT2D eigenvalue weighted by atomic mass is 9.48. The van der Waals surface area contributed by atoms with Crippen molar-refractivity contribution in [3.63, 3.8) is 0 Å². The molecule has 1 amide bonds. The number of hydrogen-bond donors (Lipinski definition) is 2. The van der Waals surface area contributed by atoms with Gasteiger partial charge in [-0.25, -0.2) is 0 Å². The number of amides is 1. The maximum absolute atomic E-state index is 12.4. The van der Waals surface area contributed by atoms with Gasteiger partial charge >= 0.3 is 0 Å². The summed E-state index contributed by atoms with van der Waals surface area (Å²) >= 11 is 4.61. The van der Waals surface area contributed by atoms with Crippen LogP contribution in [0.3, 0.4) is 0 Å². The van der Waals surface area contributed by atoms with Crippen molar-refractivity contribution in [3.05, 3.63) is 0 Å². The summed E-state index contributed by atoms with van der Waals surface area (Å²) < 4.78 is 0. The second-order valence-corrected chi connectivity index (χ2v) is 11.3. The monoisotopic (exact) mass is 355 g/mol. The van der Waals surface area contributed by atoms with Gasteiger partial charge in [-0.1, -0.05) is 81.0 Å². The predicted molar refractivity (Wildman–Crippen MR) is 113 cm³/mol. The van der Waals surface area contributed by atoms with Crippen LogP contribution in [0.4, 0.5) is 0 Å². The third-order valence-electron chi connectivity index (χ3n) is 5.26. The van der Waals surface area contributed by atoms with Crippen LogP contribution in [0.2, 0.25) is 11.6 Å². The van der Waals surface area contributed by atoms with E-state index in [1.165, 1.54) is 6.42 Å². The highest BCUT2D eigenvalue weighted by molar-refractivity contribution is 7.81. The van der Waals surface area contributed by atoms with Crippen molar-refractivity contribution < 1.29 is 4.79 Å². The number of thiol groups is 1. The second-order valence-electron chi connectivity index (χ2n) is 10.7. The molecule has 0 aliphatic rings. The molecule has 0 bridgehead atoms. The van der Waals surface area contributed by atoms with E-state index in [1.807, 2.05) is 6.92 Å². The zero-order valence-corrected chi connectivity index (χ0v) is 18.8. The van der Waals surface area contributed by atoms with Crippen molar-refractivity contribution in [2.45, 2.75) is 99.1 Å². The van der Waals surface area contributed by atoms with Crippen LogP contribution in [0.5, 0.6) is 0 Å². The van der Waals surface area contributed by atoms with Gasteiger partial charge in [0.25, 0.3) is 0 Å². The summed E-state index contributed by atoms with van der Waals surface area (Å²) in [7, 11) is 1.07. The van der Waals surface area contributed by atoms with E-state index in [2.05, 4.69) is 80.3 Å². The number of carbonyl (C=O) groups excluding carboxylic acids is 1. The zero-order chi connectivity index (χ0) is 19.3. The molecule has 0 saturated heterocycles. The molecule has 2 atom stereocenters. The van der Waals surface area contributed by atoms with Crippen LogP contribution in [0.1, 0.15) is 82.1 Å². The number of nitrogens with one attached hydrogen (secondary N) is 1. The summed E-state index contributed by atoms with van der Waals surface area (Å²) in [6.45, 7) is 22.5. The molecule has 2 unspecified atom stereocenters. The first-order valence-electron chi connectivity index (χ1n) is 9.54. The number of rotatable bonds is 9. The van der Waals surface area contributed by atoms with Crippen molar-refractivity contribution in [1.29, 1.82) is 0 Å². The molecule has 0 aromatic carbocycles. The number of carbonyl (C=O) groups is 1. The maximum Gasteiger partial charge on any atom is 0.223 e. The Hall–Kier alpha value is -0.115. The fourth-order valence-electron chi connectivity index (χ4n) is 3.55. The first kappa shape index (κ1) is 23.9. The van der Waals surface area contributed by atoms with Crippen molar-refractivity contribution in [2.24, 2.45) is 22.7 Å². The van der Waals surface area contributed by atoms with Gasteiger partial charge in [0, 0.05) is 5.92 Å². The molecule has 0 aromatic rings. The second kappa shape index (κ2) is 9.01. The maximum atomic E-state index is 12.4. The van der Waals surface area contributed by atoms with Crippen LogP contribution in [-0.4, -0.2) is 18.6 Å². The Morgan fingerprint density at radius 2 is 1.54 bits per heavy atom. The van der Waals surface area contributed by atoms with Crippen molar-refractivity contribution in [1.82, 2.24) is 5.32 Å². The highest BCUT2D eigenvalue weighted by Crippen LogP contribution is 2.39. The van der Waals surface area contributed by atoms with Crippen molar-refractivity contribution >= 4 is 25.8 Å². The minimum absolute atomic E-state index is 0.0274. The van der Waals surface area contributed by atoms with Crippen LogP contribution in [0, 0.1) is 22.7 Å². The summed E-state index contributed by atoms with van der Waals surface area (Å²) in [5.41, 5.74) is 0.507. The molecule has 0 radical (unpaired) electrons. The van der Waals surface area contributed by atoms with E-state index < -0.39 is 0 Å². The van der Waals surface area contributed by atoms with Gasteiger partial charge in [0.2, 0.25) is 5.91 Å². The molecule has 0 fully saturated rings. The Morgan fingerprint density at radius 1 is 1.04 bits per heavy atom. The van der Waals surface area contributed by atoms with Crippen LogP contribution in [-0.2, 0) is 4.79 Å². The third-order valence-corrected chi connectivity index (χ3v) is 5.64. The largest absolute Gasteiger partial charge is 0.345 e. The average Bonchev–Trinajstić information content (AvgIpc) is 2.32. The topological polar surface area (TPSA) is 29.1 Å². The van der Waals surface area contributed by atoms with Gasteiger partial charge in [0.15, 0.2) is 0 Å². The van der Waals surface area contributed by atoms with Gasteiger partial charge in [0.1, 0.15) is 7.28 Å². The molecule has 0 rings (SSSR count). The fourth-order valence-corrected chi connectivity index (χ4v) is 3.80. The Labute approximate surface area is 158 Å². The molecular weight excluding hydrogens is 313 g/mol. The highest BCUT2D eigenvalue weighted by atomic mass is 32.1. The molecular formula is C20H42BNOS. The van der Waals surface area contributed by atoms with Crippen LogP contribution in [0.15, 0.2) is 0 Å². The van der Waals surface area contributed by atoms with Gasteiger partial charge in [-0.15, -0.1) is 0 Å². The summed E-state index contributed by atoms with van der Waals surface area (Å²) in [6, 6.07) is 0. The number of hydrogen-bond acceptors (Lipinski definition) is 2. The molecule has 1 N–H and O–H groups in total. The van der Waals surface area contributed by atoms with E-state index in [-0.39, 0.29) is 27.9 Å². The minimum atomic E-state index is -0.0543. The third kappa shape index (κ3) is 10.0. The van der Waals surface area contributed by atoms with E-state index in [0.29, 0.717) is 11.3 Å². The molecule has 0 aliphatic heterocycles. The summed E-state index contributed by atoms with van der Waals surface area (Å²) in [5.74, 6) is 0.731. The molecule has 0 aromatic heterocycles. The van der Waals surface area contributed by atoms with Crippen molar-refractivity contribution in [3.8, 4) is 0 Å². The minimum Gasteiger partial charge on any atom is -0.345 e. The standard InChI is InChI=1S/C20H42BNOS/c1-14(2)19(7,8)11-15(3)17(23)22-16(24)12-21-20(9,10)13-18(4,5)6/h14-16,21,24H,11-13H2,1-10H3,(H,22,23). The smallest absolute Gasteiger partial charge is 0.223 e. The van der Waals surface area contributed by atoms with Gasteiger partial charge in [0.05, 0.1) is 5.37 Å². The predicted octanol–water partition coefficient (Wildman–Crippen LogP) is 5.56. The Morgan fingerprint density at radius 3 is 1.96 bits per heavy atom. The van der Waals surface area contributed by atoms with E-state index >= 15 is 0 Å². The first-order chi connectivity index (χ1) is 10.6. The van der Waals surface area contributed by atoms with E-state index in [4.69, 9.17) is 0 Å². The van der Waals surface area contributed by atoms with Crippen LogP contribution in [0.25, 0.3) is 0 Å². The molecule has 4 heteroatoms. The Bertz CT molecular complexity index is 399. The van der Waals surface area contributed by atoms with Gasteiger partial charge in [-0.05, 0) is 29.5 Å². The quantitative estimate of drug-likeness (QED) is 0.317. The van der Waals surface area contributed by atoms with E-state index in [1.54, 1.807) is 0 Å². The summed E-state index contributed by atoms with van der Waals surface area (Å²) in [6.07, 6.45) is 3.00. The first-order valence-corrected chi connectivity index (χ1v) is 10.1. The van der Waals surface area contributed by atoms with E-state index in [9.17, 15) is 4.79 Å². The van der Waals surface area contributed by atoms with E-state index in [0.717, 1.165) is 20.0 Å². The fraction of sp³-hybridized carbons (Fsp3) is 0.950. The molecule has 24 heavy (non-hydrogen) atoms. The van der Waals surface area contributed by atoms with Gasteiger partial charge in [-0.2, -0.15) is 12.6 Å². The lowest BCUT2D eigenvalue weighted by Crippen LogP contribution is -2.38. The Balaban J connectivity index is 4.41. The lowest BCUT2D eigenvalue weighted by Gasteiger charge is -2.33. The summed E-state index contributed by atoms with van der Waals surface area (Å²) in [5, 5.41) is 3.32. The van der Waals surface area contributed by atoms with Gasteiger partial charge in [-0.3, -0.25) is 4.79 Å². The van der Waals surface area contributed by atoms with Crippen LogP contribution >= 0.6 is 12.6 Å². The summed E-state index contributed by atoms with van der Waals surface area (Å²) in [4.78, 5) is 12.4.